The second kappa shape index (κ2) is 7.31. The van der Waals surface area contributed by atoms with Crippen LogP contribution in [0.1, 0.15) is 10.4 Å². The second-order valence-electron chi connectivity index (χ2n) is 6.10. The Labute approximate surface area is 146 Å². The summed E-state index contributed by atoms with van der Waals surface area (Å²) in [6.45, 7) is 4.03. The van der Waals surface area contributed by atoms with Gasteiger partial charge < -0.3 is 15.1 Å². The molecule has 0 bridgehead atoms. The Bertz CT molecular complexity index is 768. The molecule has 7 nitrogen and oxygen atoms in total. The molecule has 0 aliphatic carbocycles. The number of anilines is 2. The fraction of sp³-hybridized carbons (Fsp3) is 0.278. The van der Waals surface area contributed by atoms with Crippen molar-refractivity contribution < 1.29 is 9.72 Å². The fourth-order valence-corrected chi connectivity index (χ4v) is 2.78. The van der Waals surface area contributed by atoms with E-state index >= 15 is 0 Å². The van der Waals surface area contributed by atoms with E-state index < -0.39 is 4.92 Å². The van der Waals surface area contributed by atoms with Crippen molar-refractivity contribution in [2.24, 2.45) is 0 Å². The van der Waals surface area contributed by atoms with Crippen molar-refractivity contribution in [3.05, 3.63) is 64.2 Å². The molecular weight excluding hydrogens is 320 g/mol. The molecule has 2 aromatic carbocycles. The van der Waals surface area contributed by atoms with Gasteiger partial charge in [-0.2, -0.15) is 0 Å². The van der Waals surface area contributed by atoms with Crippen LogP contribution in [0.2, 0.25) is 0 Å². The van der Waals surface area contributed by atoms with E-state index in [4.69, 9.17) is 0 Å². The summed E-state index contributed by atoms with van der Waals surface area (Å²) in [5.41, 5.74) is 1.95. The summed E-state index contributed by atoms with van der Waals surface area (Å²) in [7, 11) is 2.11. The van der Waals surface area contributed by atoms with Crippen LogP contribution in [-0.2, 0) is 0 Å². The minimum atomic E-state index is -0.512. The van der Waals surface area contributed by atoms with Gasteiger partial charge in [0.2, 0.25) is 0 Å². The molecule has 0 radical (unpaired) electrons. The normalized spacial score (nSPS) is 15.0. The highest BCUT2D eigenvalue weighted by Gasteiger charge is 2.15. The maximum absolute atomic E-state index is 12.3. The lowest BCUT2D eigenvalue weighted by atomic mass is 10.2. The summed E-state index contributed by atoms with van der Waals surface area (Å²) >= 11 is 0. The number of hydrogen-bond acceptors (Lipinski definition) is 5. The molecule has 1 aliphatic heterocycles. The van der Waals surface area contributed by atoms with Crippen LogP contribution in [-0.4, -0.2) is 49.0 Å². The molecule has 0 atom stereocenters. The lowest BCUT2D eigenvalue weighted by Gasteiger charge is -2.34. The number of likely N-dealkylation sites (N-methyl/N-ethyl adjacent to an activating group) is 1. The van der Waals surface area contributed by atoms with E-state index in [0.717, 1.165) is 31.9 Å². The van der Waals surface area contributed by atoms with Gasteiger partial charge in [0.05, 0.1) is 4.92 Å². The summed E-state index contributed by atoms with van der Waals surface area (Å²) < 4.78 is 0. The zero-order valence-corrected chi connectivity index (χ0v) is 14.0. The van der Waals surface area contributed by atoms with Crippen LogP contribution >= 0.6 is 0 Å². The van der Waals surface area contributed by atoms with Crippen molar-refractivity contribution >= 4 is 23.0 Å². The van der Waals surface area contributed by atoms with Crippen molar-refractivity contribution in [2.75, 3.05) is 43.4 Å². The Hall–Kier alpha value is -2.93. The number of nitrogens with zero attached hydrogens (tertiary/aromatic N) is 3. The number of non-ortho nitro benzene ring substituents is 1. The highest BCUT2D eigenvalue weighted by Crippen LogP contribution is 2.20. The molecule has 1 aliphatic rings. The van der Waals surface area contributed by atoms with Crippen LogP contribution in [0.5, 0.6) is 0 Å². The molecule has 0 spiro atoms. The summed E-state index contributed by atoms with van der Waals surface area (Å²) in [6, 6.07) is 13.4. The van der Waals surface area contributed by atoms with Crippen molar-refractivity contribution in [3.63, 3.8) is 0 Å². The van der Waals surface area contributed by atoms with E-state index in [2.05, 4.69) is 22.2 Å². The largest absolute Gasteiger partial charge is 0.369 e. The zero-order valence-electron chi connectivity index (χ0n) is 14.0. The number of amides is 1. The first-order chi connectivity index (χ1) is 12.0. The van der Waals surface area contributed by atoms with Crippen LogP contribution in [0, 0.1) is 10.1 Å². The average molecular weight is 340 g/mol. The molecule has 0 saturated carbocycles. The number of nitro groups is 1. The van der Waals surface area contributed by atoms with E-state index in [1.807, 2.05) is 24.3 Å². The lowest BCUT2D eigenvalue weighted by Crippen LogP contribution is -2.44. The Morgan fingerprint density at radius 3 is 2.40 bits per heavy atom. The van der Waals surface area contributed by atoms with Crippen LogP contribution in [0.25, 0.3) is 0 Å². The third-order valence-corrected chi connectivity index (χ3v) is 4.31. The summed E-state index contributed by atoms with van der Waals surface area (Å²) in [6.07, 6.45) is 0. The third kappa shape index (κ3) is 4.13. The Morgan fingerprint density at radius 1 is 1.08 bits per heavy atom. The van der Waals surface area contributed by atoms with E-state index in [0.29, 0.717) is 5.69 Å². The topological polar surface area (TPSA) is 78.7 Å². The smallest absolute Gasteiger partial charge is 0.270 e. The van der Waals surface area contributed by atoms with Gasteiger partial charge in [-0.3, -0.25) is 14.9 Å². The van der Waals surface area contributed by atoms with Crippen molar-refractivity contribution in [2.45, 2.75) is 0 Å². The molecule has 130 valence electrons. The maximum Gasteiger partial charge on any atom is 0.270 e. The fourth-order valence-electron chi connectivity index (χ4n) is 2.78. The molecule has 0 aromatic heterocycles. The standard InChI is InChI=1S/C18H20N4O3/c1-20-9-11-21(12-10-20)16-7-5-15(6-8-16)19-18(23)14-3-2-4-17(13-14)22(24)25/h2-8,13H,9-12H2,1H3,(H,19,23). The number of nitro benzene ring substituents is 1. The predicted octanol–water partition coefficient (Wildman–Crippen LogP) is 2.60. The highest BCUT2D eigenvalue weighted by atomic mass is 16.6. The van der Waals surface area contributed by atoms with E-state index in [9.17, 15) is 14.9 Å². The van der Waals surface area contributed by atoms with Gasteiger partial charge in [0.15, 0.2) is 0 Å². The van der Waals surface area contributed by atoms with Crippen molar-refractivity contribution in [1.29, 1.82) is 0 Å². The van der Waals surface area contributed by atoms with Gasteiger partial charge in [-0.1, -0.05) is 6.07 Å². The first-order valence-electron chi connectivity index (χ1n) is 8.12. The van der Waals surface area contributed by atoms with Gasteiger partial charge >= 0.3 is 0 Å². The minimum absolute atomic E-state index is 0.0990. The molecule has 1 fully saturated rings. The van der Waals surface area contributed by atoms with Gasteiger partial charge in [0.25, 0.3) is 11.6 Å². The van der Waals surface area contributed by atoms with Crippen molar-refractivity contribution in [1.82, 2.24) is 4.90 Å². The van der Waals surface area contributed by atoms with Gasteiger partial charge in [-0.15, -0.1) is 0 Å². The summed E-state index contributed by atoms with van der Waals surface area (Å²) in [5, 5.41) is 13.6. The second-order valence-corrected chi connectivity index (χ2v) is 6.10. The number of benzene rings is 2. The maximum atomic E-state index is 12.3. The number of carbonyl (C=O) groups is 1. The van der Waals surface area contributed by atoms with Crippen LogP contribution in [0.4, 0.5) is 17.1 Å². The van der Waals surface area contributed by atoms with Crippen molar-refractivity contribution in [3.8, 4) is 0 Å². The first-order valence-corrected chi connectivity index (χ1v) is 8.12. The number of hydrogen-bond donors (Lipinski definition) is 1. The average Bonchev–Trinajstić information content (AvgIpc) is 2.63. The summed E-state index contributed by atoms with van der Waals surface area (Å²) in [5.74, 6) is -0.365. The number of piperazine rings is 1. The SMILES string of the molecule is CN1CCN(c2ccc(NC(=O)c3cccc([N+](=O)[O-])c3)cc2)CC1. The number of carbonyl (C=O) groups excluding carboxylic acids is 1. The van der Waals surface area contributed by atoms with Crippen LogP contribution < -0.4 is 10.2 Å². The Morgan fingerprint density at radius 2 is 1.76 bits per heavy atom. The monoisotopic (exact) mass is 340 g/mol. The number of nitrogens with one attached hydrogen (secondary N) is 1. The number of rotatable bonds is 4. The zero-order chi connectivity index (χ0) is 17.8. The molecule has 3 rings (SSSR count). The molecule has 2 aromatic rings. The summed E-state index contributed by atoms with van der Waals surface area (Å²) in [4.78, 5) is 27.2. The molecule has 25 heavy (non-hydrogen) atoms. The van der Waals surface area contributed by atoms with Gasteiger partial charge in [-0.25, -0.2) is 0 Å². The van der Waals surface area contributed by atoms with Crippen LogP contribution in [0.15, 0.2) is 48.5 Å². The van der Waals surface area contributed by atoms with E-state index in [1.54, 1.807) is 6.07 Å². The molecule has 7 heteroatoms. The molecule has 0 unspecified atom stereocenters. The molecular formula is C18H20N4O3. The minimum Gasteiger partial charge on any atom is -0.369 e. The Kier molecular flexibility index (Phi) is 4.95. The lowest BCUT2D eigenvalue weighted by molar-refractivity contribution is -0.384. The van der Waals surface area contributed by atoms with Gasteiger partial charge in [-0.05, 0) is 37.4 Å². The van der Waals surface area contributed by atoms with Gasteiger partial charge in [0, 0.05) is 55.2 Å². The highest BCUT2D eigenvalue weighted by molar-refractivity contribution is 6.04. The van der Waals surface area contributed by atoms with Gasteiger partial charge in [0.1, 0.15) is 0 Å². The van der Waals surface area contributed by atoms with Crippen LogP contribution in [0.3, 0.4) is 0 Å². The predicted molar refractivity (Wildman–Crippen MR) is 97.2 cm³/mol. The third-order valence-electron chi connectivity index (χ3n) is 4.31. The molecule has 1 heterocycles. The first kappa shape index (κ1) is 16.9. The quantitative estimate of drug-likeness (QED) is 0.684. The molecule has 1 N–H and O–H groups in total. The molecule has 1 saturated heterocycles. The van der Waals surface area contributed by atoms with E-state index in [1.165, 1.54) is 18.2 Å². The molecule has 1 amide bonds. The van der Waals surface area contributed by atoms with E-state index in [-0.39, 0.29) is 17.2 Å². The Balaban J connectivity index is 1.66.